The summed E-state index contributed by atoms with van der Waals surface area (Å²) in [6.45, 7) is 13.4. The minimum atomic E-state index is -2.06. The van der Waals surface area contributed by atoms with Gasteiger partial charge in [-0.15, -0.1) is 0 Å². The Morgan fingerprint density at radius 2 is 1.59 bits per heavy atom. The quantitative estimate of drug-likeness (QED) is 0.457. The van der Waals surface area contributed by atoms with Gasteiger partial charge in [-0.3, -0.25) is 0 Å². The summed E-state index contributed by atoms with van der Waals surface area (Å²) in [5.74, 6) is 0. The monoisotopic (exact) mass is 261 g/mol. The number of nitrogens with one attached hydrogen (secondary N) is 1. The third kappa shape index (κ3) is 5.51. The molecule has 0 bridgehead atoms. The van der Waals surface area contributed by atoms with Gasteiger partial charge in [0.2, 0.25) is 0 Å². The zero-order chi connectivity index (χ0) is 13.1. The maximum absolute atomic E-state index is 6.06. The van der Waals surface area contributed by atoms with Crippen molar-refractivity contribution in [2.75, 3.05) is 19.8 Å². The molecule has 0 rings (SSSR count). The molecule has 1 atom stereocenters. The molecule has 0 aliphatic heterocycles. The van der Waals surface area contributed by atoms with Crippen LogP contribution in [-0.2, 0) is 8.85 Å². The van der Waals surface area contributed by atoms with Gasteiger partial charge in [-0.25, -0.2) is 0 Å². The van der Waals surface area contributed by atoms with Crippen LogP contribution in [0.25, 0.3) is 0 Å². The molecule has 1 unspecified atom stereocenters. The largest absolute Gasteiger partial charge is 0.394 e. The summed E-state index contributed by atoms with van der Waals surface area (Å²) < 4.78 is 12.1. The molecule has 0 fully saturated rings. The lowest BCUT2D eigenvalue weighted by Crippen LogP contribution is -2.59. The van der Waals surface area contributed by atoms with Crippen molar-refractivity contribution in [1.82, 2.24) is 5.32 Å². The van der Waals surface area contributed by atoms with E-state index in [-0.39, 0.29) is 0 Å². The number of unbranched alkanes of at least 4 members (excludes halogenated alkanes) is 1. The van der Waals surface area contributed by atoms with Gasteiger partial charge in [0.1, 0.15) is 0 Å². The standard InChI is InChI=1S/C13H31NO2Si/c1-6-11-12-14-13(7-2)17(10-5,15-8-3)16-9-4/h13-14H,6-12H2,1-5H3. The van der Waals surface area contributed by atoms with E-state index >= 15 is 0 Å². The van der Waals surface area contributed by atoms with Crippen molar-refractivity contribution in [2.24, 2.45) is 0 Å². The molecule has 0 amide bonds. The molecule has 0 aromatic heterocycles. The van der Waals surface area contributed by atoms with E-state index in [0.717, 1.165) is 32.2 Å². The number of rotatable bonds is 11. The first-order chi connectivity index (χ1) is 8.20. The zero-order valence-corrected chi connectivity index (χ0v) is 13.3. The molecule has 0 aromatic rings. The summed E-state index contributed by atoms with van der Waals surface area (Å²) in [5.41, 5.74) is 0.416. The summed E-state index contributed by atoms with van der Waals surface area (Å²) >= 11 is 0. The highest BCUT2D eigenvalue weighted by Crippen LogP contribution is 2.20. The van der Waals surface area contributed by atoms with Crippen LogP contribution in [0.5, 0.6) is 0 Å². The molecule has 0 aliphatic carbocycles. The van der Waals surface area contributed by atoms with Crippen LogP contribution in [0, 0.1) is 0 Å². The molecule has 104 valence electrons. The molecule has 0 aromatic carbocycles. The van der Waals surface area contributed by atoms with E-state index in [1.807, 2.05) is 0 Å². The van der Waals surface area contributed by atoms with Gasteiger partial charge in [0.25, 0.3) is 0 Å². The fraction of sp³-hybridized carbons (Fsp3) is 1.00. The molecule has 0 spiro atoms. The van der Waals surface area contributed by atoms with Crippen LogP contribution < -0.4 is 5.32 Å². The van der Waals surface area contributed by atoms with Crippen LogP contribution in [0.4, 0.5) is 0 Å². The zero-order valence-electron chi connectivity index (χ0n) is 12.3. The Hall–Kier alpha value is 0.0969. The van der Waals surface area contributed by atoms with Crippen LogP contribution >= 0.6 is 0 Å². The van der Waals surface area contributed by atoms with Crippen molar-refractivity contribution in [3.05, 3.63) is 0 Å². The predicted molar refractivity (Wildman–Crippen MR) is 76.5 cm³/mol. The van der Waals surface area contributed by atoms with Crippen molar-refractivity contribution < 1.29 is 8.85 Å². The van der Waals surface area contributed by atoms with Crippen LogP contribution in [0.15, 0.2) is 0 Å². The second kappa shape index (κ2) is 10.1. The molecule has 3 nitrogen and oxygen atoms in total. The lowest BCUT2D eigenvalue weighted by atomic mass is 10.3. The Morgan fingerprint density at radius 3 is 1.94 bits per heavy atom. The third-order valence-corrected chi connectivity index (χ3v) is 7.34. The molecule has 0 radical (unpaired) electrons. The van der Waals surface area contributed by atoms with Crippen LogP contribution in [0.2, 0.25) is 6.04 Å². The van der Waals surface area contributed by atoms with Crippen LogP contribution in [0.3, 0.4) is 0 Å². The van der Waals surface area contributed by atoms with E-state index in [0.29, 0.717) is 5.67 Å². The highest BCUT2D eigenvalue weighted by molar-refractivity contribution is 6.69. The molecular formula is C13H31NO2Si. The average Bonchev–Trinajstić information content (AvgIpc) is 2.34. The van der Waals surface area contributed by atoms with Crippen molar-refractivity contribution >= 4 is 8.56 Å². The van der Waals surface area contributed by atoms with Crippen molar-refractivity contribution in [3.8, 4) is 0 Å². The van der Waals surface area contributed by atoms with E-state index < -0.39 is 8.56 Å². The Kier molecular flexibility index (Phi) is 10.1. The Morgan fingerprint density at radius 1 is 1.00 bits per heavy atom. The van der Waals surface area contributed by atoms with Crippen LogP contribution in [0.1, 0.15) is 53.9 Å². The Balaban J connectivity index is 4.56. The number of hydrogen-bond donors (Lipinski definition) is 1. The first-order valence-electron chi connectivity index (χ1n) is 7.21. The van der Waals surface area contributed by atoms with E-state index in [2.05, 4.69) is 39.9 Å². The van der Waals surface area contributed by atoms with Crippen molar-refractivity contribution in [2.45, 2.75) is 65.6 Å². The van der Waals surface area contributed by atoms with Crippen LogP contribution in [-0.4, -0.2) is 34.0 Å². The van der Waals surface area contributed by atoms with Gasteiger partial charge in [-0.1, -0.05) is 27.2 Å². The smallest absolute Gasteiger partial charge is 0.355 e. The summed E-state index contributed by atoms with van der Waals surface area (Å²) in [6, 6.07) is 1.02. The maximum Gasteiger partial charge on any atom is 0.355 e. The lowest BCUT2D eigenvalue weighted by molar-refractivity contribution is 0.167. The van der Waals surface area contributed by atoms with Crippen molar-refractivity contribution in [3.63, 3.8) is 0 Å². The van der Waals surface area contributed by atoms with Gasteiger partial charge < -0.3 is 14.2 Å². The molecular weight excluding hydrogens is 230 g/mol. The number of hydrogen-bond acceptors (Lipinski definition) is 3. The Labute approximate surface area is 109 Å². The van der Waals surface area contributed by atoms with Gasteiger partial charge in [0, 0.05) is 13.2 Å². The lowest BCUT2D eigenvalue weighted by Gasteiger charge is -2.36. The molecule has 0 aliphatic rings. The molecule has 1 N–H and O–H groups in total. The Bertz CT molecular complexity index is 173. The topological polar surface area (TPSA) is 30.5 Å². The van der Waals surface area contributed by atoms with Gasteiger partial charge >= 0.3 is 8.56 Å². The minimum Gasteiger partial charge on any atom is -0.394 e. The highest BCUT2D eigenvalue weighted by Gasteiger charge is 2.42. The fourth-order valence-electron chi connectivity index (χ4n) is 2.25. The molecule has 17 heavy (non-hydrogen) atoms. The second-order valence-corrected chi connectivity index (χ2v) is 7.90. The van der Waals surface area contributed by atoms with Gasteiger partial charge in [0.05, 0.1) is 5.67 Å². The van der Waals surface area contributed by atoms with E-state index in [4.69, 9.17) is 8.85 Å². The molecule has 4 heteroatoms. The summed E-state index contributed by atoms with van der Waals surface area (Å²) in [7, 11) is -2.06. The van der Waals surface area contributed by atoms with Gasteiger partial charge in [-0.2, -0.15) is 0 Å². The normalized spacial score (nSPS) is 13.9. The first-order valence-corrected chi connectivity index (χ1v) is 9.31. The molecule has 0 saturated heterocycles. The van der Waals surface area contributed by atoms with Gasteiger partial charge in [0.15, 0.2) is 0 Å². The molecule has 0 heterocycles. The highest BCUT2D eigenvalue weighted by atomic mass is 28.4. The fourth-order valence-corrected chi connectivity index (χ4v) is 5.69. The summed E-state index contributed by atoms with van der Waals surface area (Å²) in [6.07, 6.45) is 3.54. The third-order valence-electron chi connectivity index (χ3n) is 3.13. The average molecular weight is 261 g/mol. The SMILES string of the molecule is CCCCNC(CC)[Si](CC)(OCC)OCC. The van der Waals surface area contributed by atoms with E-state index in [1.165, 1.54) is 12.8 Å². The van der Waals surface area contributed by atoms with E-state index in [9.17, 15) is 0 Å². The molecule has 0 saturated carbocycles. The van der Waals surface area contributed by atoms with Crippen molar-refractivity contribution in [1.29, 1.82) is 0 Å². The second-order valence-electron chi connectivity index (χ2n) is 4.30. The minimum absolute atomic E-state index is 0.416. The first kappa shape index (κ1) is 17.1. The van der Waals surface area contributed by atoms with E-state index in [1.54, 1.807) is 0 Å². The van der Waals surface area contributed by atoms with Gasteiger partial charge in [-0.05, 0) is 39.3 Å². The summed E-state index contributed by atoms with van der Waals surface area (Å²) in [5, 5.41) is 3.64. The summed E-state index contributed by atoms with van der Waals surface area (Å²) in [4.78, 5) is 0. The predicted octanol–water partition coefficient (Wildman–Crippen LogP) is 3.23. The maximum atomic E-state index is 6.06.